The summed E-state index contributed by atoms with van der Waals surface area (Å²) in [4.78, 5) is 23.4. The zero-order valence-corrected chi connectivity index (χ0v) is 14.9. The molecule has 0 unspecified atom stereocenters. The fraction of sp³-hybridized carbons (Fsp3) is 0.263. The monoisotopic (exact) mass is 361 g/mol. The maximum atomic E-state index is 11.8. The van der Waals surface area contributed by atoms with E-state index in [0.29, 0.717) is 22.4 Å². The first-order chi connectivity index (χ1) is 12.0. The molecular formula is C19H20ClNO4. The van der Waals surface area contributed by atoms with E-state index in [1.807, 2.05) is 24.3 Å². The Morgan fingerprint density at radius 1 is 1.04 bits per heavy atom. The standard InChI is InChI=1S/C19H20ClNO4/c1-13(2)14-7-9-15(10-8-14)21-18(22)11-25-19(23)12-24-17-6-4-3-5-16(17)20/h3-10,13H,11-12H2,1-2H3,(H,21,22). The third-order valence-electron chi connectivity index (χ3n) is 3.41. The van der Waals surface area contributed by atoms with Gasteiger partial charge >= 0.3 is 5.97 Å². The second kappa shape index (κ2) is 9.08. The maximum Gasteiger partial charge on any atom is 0.344 e. The number of para-hydroxylation sites is 1. The molecule has 132 valence electrons. The fourth-order valence-corrected chi connectivity index (χ4v) is 2.22. The summed E-state index contributed by atoms with van der Waals surface area (Å²) in [5.41, 5.74) is 1.83. The summed E-state index contributed by atoms with van der Waals surface area (Å²) in [5, 5.41) is 3.07. The molecule has 0 saturated carbocycles. The molecule has 25 heavy (non-hydrogen) atoms. The number of esters is 1. The Morgan fingerprint density at radius 3 is 2.36 bits per heavy atom. The van der Waals surface area contributed by atoms with Gasteiger partial charge in [-0.25, -0.2) is 4.79 Å². The molecule has 0 spiro atoms. The lowest BCUT2D eigenvalue weighted by Crippen LogP contribution is -2.23. The number of anilines is 1. The van der Waals surface area contributed by atoms with E-state index in [-0.39, 0.29) is 13.2 Å². The van der Waals surface area contributed by atoms with Crippen molar-refractivity contribution < 1.29 is 19.1 Å². The van der Waals surface area contributed by atoms with Crippen LogP contribution in [0, 0.1) is 0 Å². The van der Waals surface area contributed by atoms with Gasteiger partial charge in [0.2, 0.25) is 0 Å². The average molecular weight is 362 g/mol. The molecular weight excluding hydrogens is 342 g/mol. The summed E-state index contributed by atoms with van der Waals surface area (Å²) in [5.74, 6) is -0.256. The van der Waals surface area contributed by atoms with Crippen LogP contribution < -0.4 is 10.1 Å². The minimum Gasteiger partial charge on any atom is -0.480 e. The van der Waals surface area contributed by atoms with E-state index in [2.05, 4.69) is 19.2 Å². The van der Waals surface area contributed by atoms with Crippen LogP contribution in [0.3, 0.4) is 0 Å². The van der Waals surface area contributed by atoms with Crippen molar-refractivity contribution in [2.45, 2.75) is 19.8 Å². The minimum atomic E-state index is -0.648. The van der Waals surface area contributed by atoms with E-state index in [4.69, 9.17) is 21.1 Å². The van der Waals surface area contributed by atoms with Crippen molar-refractivity contribution in [3.05, 3.63) is 59.1 Å². The lowest BCUT2D eigenvalue weighted by Gasteiger charge is -2.10. The lowest BCUT2D eigenvalue weighted by atomic mass is 10.0. The molecule has 0 fully saturated rings. The van der Waals surface area contributed by atoms with E-state index < -0.39 is 11.9 Å². The van der Waals surface area contributed by atoms with Gasteiger partial charge in [0.15, 0.2) is 13.2 Å². The molecule has 1 amide bonds. The van der Waals surface area contributed by atoms with Crippen LogP contribution in [0.2, 0.25) is 5.02 Å². The number of carbonyl (C=O) groups is 2. The highest BCUT2D eigenvalue weighted by Crippen LogP contribution is 2.22. The maximum absolute atomic E-state index is 11.8. The van der Waals surface area contributed by atoms with Crippen molar-refractivity contribution in [2.24, 2.45) is 0 Å². The molecule has 0 bridgehead atoms. The van der Waals surface area contributed by atoms with Gasteiger partial charge in [-0.2, -0.15) is 0 Å². The predicted octanol–water partition coefficient (Wildman–Crippen LogP) is 4.02. The van der Waals surface area contributed by atoms with Crippen LogP contribution in [0.25, 0.3) is 0 Å². The van der Waals surface area contributed by atoms with Gasteiger partial charge < -0.3 is 14.8 Å². The zero-order chi connectivity index (χ0) is 18.2. The molecule has 0 aromatic heterocycles. The van der Waals surface area contributed by atoms with Crippen LogP contribution in [0.4, 0.5) is 5.69 Å². The van der Waals surface area contributed by atoms with Crippen LogP contribution in [0.1, 0.15) is 25.3 Å². The number of nitrogens with one attached hydrogen (secondary N) is 1. The van der Waals surface area contributed by atoms with Crippen molar-refractivity contribution in [1.29, 1.82) is 0 Å². The second-order valence-corrected chi connectivity index (χ2v) is 6.11. The minimum absolute atomic E-state index is 0.319. The van der Waals surface area contributed by atoms with Crippen molar-refractivity contribution in [3.63, 3.8) is 0 Å². The zero-order valence-electron chi connectivity index (χ0n) is 14.1. The molecule has 2 aromatic carbocycles. The third-order valence-corrected chi connectivity index (χ3v) is 3.72. The summed E-state index contributed by atoms with van der Waals surface area (Å²) >= 11 is 5.91. The molecule has 0 atom stereocenters. The fourth-order valence-electron chi connectivity index (χ4n) is 2.03. The number of halogens is 1. The number of hydrogen-bond acceptors (Lipinski definition) is 4. The first kappa shape index (κ1) is 18.8. The van der Waals surface area contributed by atoms with Crippen LogP contribution >= 0.6 is 11.6 Å². The van der Waals surface area contributed by atoms with Crippen LogP contribution in [-0.4, -0.2) is 25.1 Å². The van der Waals surface area contributed by atoms with Crippen molar-refractivity contribution >= 4 is 29.2 Å². The summed E-state index contributed by atoms with van der Waals surface area (Å²) in [6, 6.07) is 14.3. The van der Waals surface area contributed by atoms with E-state index in [0.717, 1.165) is 0 Å². The summed E-state index contributed by atoms with van der Waals surface area (Å²) < 4.78 is 10.1. The third kappa shape index (κ3) is 6.12. The van der Waals surface area contributed by atoms with Crippen molar-refractivity contribution in [1.82, 2.24) is 0 Å². The van der Waals surface area contributed by atoms with E-state index in [1.54, 1.807) is 24.3 Å². The van der Waals surface area contributed by atoms with E-state index >= 15 is 0 Å². The Labute approximate surface area is 151 Å². The first-order valence-electron chi connectivity index (χ1n) is 7.88. The number of benzene rings is 2. The van der Waals surface area contributed by atoms with Crippen LogP contribution in [0.15, 0.2) is 48.5 Å². The summed E-state index contributed by atoms with van der Waals surface area (Å²) in [7, 11) is 0. The van der Waals surface area contributed by atoms with E-state index in [1.165, 1.54) is 5.56 Å². The number of carbonyl (C=O) groups excluding carboxylic acids is 2. The normalized spacial score (nSPS) is 10.4. The Morgan fingerprint density at radius 2 is 1.72 bits per heavy atom. The Bertz CT molecular complexity index is 728. The highest BCUT2D eigenvalue weighted by atomic mass is 35.5. The molecule has 0 saturated heterocycles. The van der Waals surface area contributed by atoms with Crippen molar-refractivity contribution in [3.8, 4) is 5.75 Å². The van der Waals surface area contributed by atoms with Crippen LogP contribution in [-0.2, 0) is 14.3 Å². The number of ether oxygens (including phenoxy) is 2. The van der Waals surface area contributed by atoms with Gasteiger partial charge in [-0.05, 0) is 35.7 Å². The van der Waals surface area contributed by atoms with Gasteiger partial charge in [0, 0.05) is 5.69 Å². The SMILES string of the molecule is CC(C)c1ccc(NC(=O)COC(=O)COc2ccccc2Cl)cc1. The van der Waals surface area contributed by atoms with E-state index in [9.17, 15) is 9.59 Å². The molecule has 0 aliphatic carbocycles. The van der Waals surface area contributed by atoms with Gasteiger partial charge in [0.05, 0.1) is 5.02 Å². The van der Waals surface area contributed by atoms with Gasteiger partial charge in [0.25, 0.3) is 5.91 Å². The van der Waals surface area contributed by atoms with Gasteiger partial charge in [-0.3, -0.25) is 4.79 Å². The molecule has 6 heteroatoms. The van der Waals surface area contributed by atoms with Crippen LogP contribution in [0.5, 0.6) is 5.75 Å². The first-order valence-corrected chi connectivity index (χ1v) is 8.26. The Kier molecular flexibility index (Phi) is 6.83. The second-order valence-electron chi connectivity index (χ2n) is 5.70. The quantitative estimate of drug-likeness (QED) is 0.756. The molecule has 2 aromatic rings. The molecule has 0 heterocycles. The Hall–Kier alpha value is -2.53. The Balaban J connectivity index is 1.74. The molecule has 0 aliphatic heterocycles. The largest absolute Gasteiger partial charge is 0.480 e. The number of hydrogen-bond donors (Lipinski definition) is 1. The van der Waals surface area contributed by atoms with Gasteiger partial charge in [0.1, 0.15) is 5.75 Å². The molecule has 1 N–H and O–H groups in total. The smallest absolute Gasteiger partial charge is 0.344 e. The summed E-state index contributed by atoms with van der Waals surface area (Å²) in [6.07, 6.45) is 0. The molecule has 5 nitrogen and oxygen atoms in total. The van der Waals surface area contributed by atoms with Gasteiger partial charge in [-0.1, -0.05) is 49.7 Å². The molecule has 0 aliphatic rings. The highest BCUT2D eigenvalue weighted by molar-refractivity contribution is 6.32. The lowest BCUT2D eigenvalue weighted by molar-refractivity contribution is -0.149. The summed E-state index contributed by atoms with van der Waals surface area (Å²) in [6.45, 7) is 3.49. The number of rotatable bonds is 7. The van der Waals surface area contributed by atoms with Crippen molar-refractivity contribution in [2.75, 3.05) is 18.5 Å². The molecule has 0 radical (unpaired) electrons. The topological polar surface area (TPSA) is 64.6 Å². The van der Waals surface area contributed by atoms with Gasteiger partial charge in [-0.15, -0.1) is 0 Å². The predicted molar refractivity (Wildman–Crippen MR) is 97.1 cm³/mol. The molecule has 2 rings (SSSR count). The number of amides is 1. The average Bonchev–Trinajstić information content (AvgIpc) is 2.59. The highest BCUT2D eigenvalue weighted by Gasteiger charge is 2.10.